The molecule has 3 aliphatic heterocycles. The predicted octanol–water partition coefficient (Wildman–Crippen LogP) is 1.85. The summed E-state index contributed by atoms with van der Waals surface area (Å²) in [6.07, 6.45) is 5.66. The quantitative estimate of drug-likeness (QED) is 0.853. The lowest BCUT2D eigenvalue weighted by Gasteiger charge is -2.40. The third-order valence-electron chi connectivity index (χ3n) is 5.61. The average molecular weight is 317 g/mol. The Bertz CT molecular complexity index is 622. The van der Waals surface area contributed by atoms with Gasteiger partial charge in [0.05, 0.1) is 5.92 Å². The van der Waals surface area contributed by atoms with Gasteiger partial charge in [0.1, 0.15) is 5.76 Å². The second-order valence-corrected chi connectivity index (χ2v) is 7.25. The highest BCUT2D eigenvalue weighted by atomic mass is 16.5. The van der Waals surface area contributed by atoms with Crippen molar-refractivity contribution in [2.75, 3.05) is 19.6 Å². The van der Waals surface area contributed by atoms with Crippen molar-refractivity contribution < 1.29 is 14.1 Å². The number of rotatable bonds is 3. The highest BCUT2D eigenvalue weighted by molar-refractivity contribution is 5.93. The molecule has 6 heteroatoms. The normalized spacial score (nSPS) is 28.0. The zero-order valence-electron chi connectivity index (χ0n) is 13.5. The van der Waals surface area contributed by atoms with Crippen LogP contribution in [0.25, 0.3) is 0 Å². The molecule has 4 aliphatic rings. The van der Waals surface area contributed by atoms with E-state index in [0.717, 1.165) is 19.4 Å². The lowest BCUT2D eigenvalue weighted by atomic mass is 9.83. The van der Waals surface area contributed by atoms with Gasteiger partial charge in [-0.15, -0.1) is 0 Å². The number of carbonyl (C=O) groups excluding carboxylic acids is 2. The minimum absolute atomic E-state index is 0.0502. The van der Waals surface area contributed by atoms with Gasteiger partial charge in [0, 0.05) is 31.7 Å². The molecule has 6 nitrogen and oxygen atoms in total. The number of piperidine rings is 1. The van der Waals surface area contributed by atoms with E-state index in [1.54, 1.807) is 17.9 Å². The summed E-state index contributed by atoms with van der Waals surface area (Å²) in [5.41, 5.74) is 0.349. The van der Waals surface area contributed by atoms with Crippen LogP contribution in [0.3, 0.4) is 0 Å². The van der Waals surface area contributed by atoms with Gasteiger partial charge in [-0.3, -0.25) is 9.59 Å². The number of nitrogens with zero attached hydrogens (tertiary/aromatic N) is 3. The van der Waals surface area contributed by atoms with Crippen LogP contribution in [-0.4, -0.2) is 52.4 Å². The van der Waals surface area contributed by atoms with E-state index < -0.39 is 0 Å². The summed E-state index contributed by atoms with van der Waals surface area (Å²) >= 11 is 0. The van der Waals surface area contributed by atoms with Crippen molar-refractivity contribution in [3.05, 3.63) is 17.5 Å². The molecule has 0 radical (unpaired) electrons. The van der Waals surface area contributed by atoms with E-state index in [1.807, 2.05) is 0 Å². The van der Waals surface area contributed by atoms with Crippen LogP contribution in [0.5, 0.6) is 0 Å². The zero-order chi connectivity index (χ0) is 16.0. The highest BCUT2D eigenvalue weighted by Crippen LogP contribution is 2.34. The smallest absolute Gasteiger partial charge is 0.276 e. The van der Waals surface area contributed by atoms with Crippen molar-refractivity contribution in [1.29, 1.82) is 0 Å². The van der Waals surface area contributed by atoms with Crippen LogP contribution in [0, 0.1) is 18.8 Å². The van der Waals surface area contributed by atoms with Crippen molar-refractivity contribution in [3.8, 4) is 0 Å². The topological polar surface area (TPSA) is 66.7 Å². The van der Waals surface area contributed by atoms with Crippen molar-refractivity contribution >= 4 is 11.8 Å². The number of carbonyl (C=O) groups is 2. The zero-order valence-corrected chi connectivity index (χ0v) is 13.5. The summed E-state index contributed by atoms with van der Waals surface area (Å²) in [6.45, 7) is 3.80. The summed E-state index contributed by atoms with van der Waals surface area (Å²) in [4.78, 5) is 29.3. The number of amides is 2. The molecule has 4 fully saturated rings. The fourth-order valence-corrected chi connectivity index (χ4v) is 4.03. The first-order valence-electron chi connectivity index (χ1n) is 8.65. The maximum Gasteiger partial charge on any atom is 0.276 e. The summed E-state index contributed by atoms with van der Waals surface area (Å²) in [6, 6.07) is 1.84. The standard InChI is InChI=1S/C17H23N3O3/c1-11-7-15(18-23-11)17(22)19-9-13-5-6-14(10-19)20(16(13)21)8-12-3-2-4-12/h7,12-14H,2-6,8-10H2,1H3/t13-,14+/m0/s1. The Morgan fingerprint density at radius 3 is 2.78 bits per heavy atom. The van der Waals surface area contributed by atoms with E-state index in [2.05, 4.69) is 10.1 Å². The van der Waals surface area contributed by atoms with Gasteiger partial charge >= 0.3 is 0 Å². The third-order valence-corrected chi connectivity index (χ3v) is 5.61. The molecular weight excluding hydrogens is 294 g/mol. The monoisotopic (exact) mass is 317 g/mol. The molecule has 0 spiro atoms. The Morgan fingerprint density at radius 1 is 1.30 bits per heavy atom. The summed E-state index contributed by atoms with van der Waals surface area (Å²) < 4.78 is 5.02. The Labute approximate surface area is 135 Å². The Hall–Kier alpha value is -1.85. The Morgan fingerprint density at radius 2 is 2.13 bits per heavy atom. The minimum Gasteiger partial charge on any atom is -0.361 e. The summed E-state index contributed by atoms with van der Waals surface area (Å²) in [5.74, 6) is 1.39. The van der Waals surface area contributed by atoms with E-state index in [1.165, 1.54) is 19.3 Å². The molecule has 0 aromatic carbocycles. The van der Waals surface area contributed by atoms with Gasteiger partial charge in [-0.1, -0.05) is 11.6 Å². The van der Waals surface area contributed by atoms with Crippen LogP contribution in [-0.2, 0) is 4.79 Å². The third kappa shape index (κ3) is 2.64. The molecule has 1 aliphatic carbocycles. The van der Waals surface area contributed by atoms with E-state index in [-0.39, 0.29) is 23.8 Å². The van der Waals surface area contributed by atoms with E-state index in [4.69, 9.17) is 4.52 Å². The molecule has 23 heavy (non-hydrogen) atoms. The SMILES string of the molecule is Cc1cc(C(=O)N2C[C@@H]3CC[C@H](C2)N(CC2CCC2)C3=O)no1. The molecule has 1 aromatic heterocycles. The molecule has 1 aromatic rings. The first kappa shape index (κ1) is 14.7. The number of aryl methyl sites for hydroxylation is 1. The summed E-state index contributed by atoms with van der Waals surface area (Å²) in [5, 5.41) is 3.84. The van der Waals surface area contributed by atoms with E-state index in [9.17, 15) is 9.59 Å². The van der Waals surface area contributed by atoms with E-state index >= 15 is 0 Å². The molecule has 124 valence electrons. The number of aromatic nitrogens is 1. The largest absolute Gasteiger partial charge is 0.361 e. The molecule has 5 rings (SSSR count). The van der Waals surface area contributed by atoms with Gasteiger partial charge in [-0.25, -0.2) is 0 Å². The summed E-state index contributed by atoms with van der Waals surface area (Å²) in [7, 11) is 0. The van der Waals surface area contributed by atoms with E-state index in [0.29, 0.717) is 30.5 Å². The van der Waals surface area contributed by atoms with Crippen LogP contribution >= 0.6 is 0 Å². The van der Waals surface area contributed by atoms with Gasteiger partial charge in [-0.2, -0.15) is 0 Å². The first-order valence-corrected chi connectivity index (χ1v) is 8.65. The lowest BCUT2D eigenvalue weighted by molar-refractivity contribution is -0.141. The Balaban J connectivity index is 1.52. The van der Waals surface area contributed by atoms with Crippen LogP contribution in [0.2, 0.25) is 0 Å². The molecule has 2 atom stereocenters. The number of hydrogen-bond acceptors (Lipinski definition) is 4. The second-order valence-electron chi connectivity index (χ2n) is 7.25. The van der Waals surface area contributed by atoms with Gasteiger partial charge in [-0.05, 0) is 38.5 Å². The molecule has 0 N–H and O–H groups in total. The average Bonchev–Trinajstić information content (AvgIpc) is 2.75. The molecule has 1 saturated carbocycles. The first-order chi connectivity index (χ1) is 11.1. The second kappa shape index (κ2) is 5.65. The van der Waals surface area contributed by atoms with Crippen molar-refractivity contribution in [1.82, 2.24) is 15.0 Å². The molecule has 3 saturated heterocycles. The number of fused-ring (bicyclic) bond motifs is 4. The fourth-order valence-electron chi connectivity index (χ4n) is 4.03. The molecule has 4 heterocycles. The van der Waals surface area contributed by atoms with Crippen LogP contribution in [0.1, 0.15) is 48.4 Å². The molecule has 2 amide bonds. The van der Waals surface area contributed by atoms with Gasteiger partial charge in [0.15, 0.2) is 5.69 Å². The van der Waals surface area contributed by atoms with Crippen LogP contribution < -0.4 is 0 Å². The maximum atomic E-state index is 12.7. The van der Waals surface area contributed by atoms with Crippen LogP contribution in [0.4, 0.5) is 0 Å². The fraction of sp³-hybridized carbons (Fsp3) is 0.706. The lowest BCUT2D eigenvalue weighted by Crippen LogP contribution is -2.50. The minimum atomic E-state index is -0.114. The van der Waals surface area contributed by atoms with Crippen molar-refractivity contribution in [3.63, 3.8) is 0 Å². The molecule has 0 unspecified atom stereocenters. The van der Waals surface area contributed by atoms with Gasteiger partial charge in [0.25, 0.3) is 5.91 Å². The van der Waals surface area contributed by atoms with Crippen LogP contribution in [0.15, 0.2) is 10.6 Å². The molecule has 2 bridgehead atoms. The maximum absolute atomic E-state index is 12.7. The van der Waals surface area contributed by atoms with Gasteiger partial charge < -0.3 is 14.3 Å². The van der Waals surface area contributed by atoms with Gasteiger partial charge in [0.2, 0.25) is 5.91 Å². The van der Waals surface area contributed by atoms with Crippen molar-refractivity contribution in [2.45, 2.75) is 45.1 Å². The predicted molar refractivity (Wildman–Crippen MR) is 82.7 cm³/mol. The molecular formula is C17H23N3O3. The number of hydrogen-bond donors (Lipinski definition) is 0. The Kier molecular flexibility index (Phi) is 3.62. The van der Waals surface area contributed by atoms with Crippen molar-refractivity contribution in [2.24, 2.45) is 11.8 Å². The highest BCUT2D eigenvalue weighted by Gasteiger charge is 2.43.